The van der Waals surface area contributed by atoms with Gasteiger partial charge < -0.3 is 0 Å². The Bertz CT molecular complexity index is 261. The van der Waals surface area contributed by atoms with Crippen LogP contribution in [0.4, 0.5) is 0 Å². The molecule has 0 saturated carbocycles. The van der Waals surface area contributed by atoms with Crippen LogP contribution in [-0.4, -0.2) is 0 Å². The Balaban J connectivity index is 1.88. The molecule has 0 aromatic heterocycles. The summed E-state index contributed by atoms with van der Waals surface area (Å²) in [6.07, 6.45) is 11.1. The molecule has 0 bridgehead atoms. The molecule has 0 heteroatoms. The maximum Gasteiger partial charge on any atom is -0.0279 e. The van der Waals surface area contributed by atoms with Crippen molar-refractivity contribution < 1.29 is 0 Å². The lowest BCUT2D eigenvalue weighted by molar-refractivity contribution is 0.511. The number of rotatable bonds is 9. The van der Waals surface area contributed by atoms with Crippen LogP contribution in [0.5, 0.6) is 0 Å². The molecular formula is C17H28. The van der Waals surface area contributed by atoms with E-state index in [0.29, 0.717) is 0 Å². The van der Waals surface area contributed by atoms with Crippen LogP contribution in [0.15, 0.2) is 30.3 Å². The summed E-state index contributed by atoms with van der Waals surface area (Å²) in [4.78, 5) is 0. The Morgan fingerprint density at radius 3 is 2.00 bits per heavy atom. The number of hydrogen-bond donors (Lipinski definition) is 0. The van der Waals surface area contributed by atoms with Crippen LogP contribution in [0.2, 0.25) is 0 Å². The highest BCUT2D eigenvalue weighted by Crippen LogP contribution is 2.12. The van der Waals surface area contributed by atoms with Gasteiger partial charge in [-0.2, -0.15) is 0 Å². The molecule has 0 N–H and O–H groups in total. The van der Waals surface area contributed by atoms with Gasteiger partial charge in [-0.25, -0.2) is 0 Å². The molecule has 0 saturated heterocycles. The highest BCUT2D eigenvalue weighted by Gasteiger charge is 1.95. The molecule has 17 heavy (non-hydrogen) atoms. The average molecular weight is 232 g/mol. The fourth-order valence-corrected chi connectivity index (χ4v) is 2.23. The molecule has 0 unspecified atom stereocenters. The van der Waals surface area contributed by atoms with Gasteiger partial charge in [-0.3, -0.25) is 0 Å². The topological polar surface area (TPSA) is 0 Å². The second kappa shape index (κ2) is 9.27. The predicted molar refractivity (Wildman–Crippen MR) is 77.3 cm³/mol. The summed E-state index contributed by atoms with van der Waals surface area (Å²) in [7, 11) is 0. The number of aryl methyl sites for hydroxylation is 1. The minimum absolute atomic E-state index is 0.882. The molecule has 0 aliphatic rings. The van der Waals surface area contributed by atoms with E-state index in [2.05, 4.69) is 44.2 Å². The Kier molecular flexibility index (Phi) is 7.79. The van der Waals surface area contributed by atoms with E-state index in [1.807, 2.05) is 0 Å². The normalized spacial score (nSPS) is 11.0. The molecule has 0 nitrogen and oxygen atoms in total. The molecule has 0 spiro atoms. The molecule has 1 aromatic rings. The van der Waals surface area contributed by atoms with E-state index >= 15 is 0 Å². The number of benzene rings is 1. The lowest BCUT2D eigenvalue weighted by Gasteiger charge is -2.04. The third-order valence-corrected chi connectivity index (χ3v) is 3.34. The van der Waals surface area contributed by atoms with Gasteiger partial charge >= 0.3 is 0 Å². The third kappa shape index (κ3) is 8.01. The second-order valence-electron chi connectivity index (χ2n) is 5.54. The van der Waals surface area contributed by atoms with Gasteiger partial charge in [-0.1, -0.05) is 82.7 Å². The van der Waals surface area contributed by atoms with Crippen molar-refractivity contribution in [2.45, 2.75) is 65.2 Å². The molecule has 0 fully saturated rings. The van der Waals surface area contributed by atoms with Crippen LogP contribution >= 0.6 is 0 Å². The smallest absolute Gasteiger partial charge is 0.0279 e. The highest BCUT2D eigenvalue weighted by molar-refractivity contribution is 5.14. The molecule has 0 atom stereocenters. The fourth-order valence-electron chi connectivity index (χ4n) is 2.23. The molecule has 1 rings (SSSR count). The van der Waals surface area contributed by atoms with Crippen LogP contribution in [0, 0.1) is 5.92 Å². The summed E-state index contributed by atoms with van der Waals surface area (Å²) >= 11 is 0. The van der Waals surface area contributed by atoms with Gasteiger partial charge in [0.05, 0.1) is 0 Å². The zero-order valence-corrected chi connectivity index (χ0v) is 11.6. The largest absolute Gasteiger partial charge is 0.0628 e. The Morgan fingerprint density at radius 2 is 1.35 bits per heavy atom. The van der Waals surface area contributed by atoms with E-state index in [-0.39, 0.29) is 0 Å². The van der Waals surface area contributed by atoms with Crippen molar-refractivity contribution in [3.05, 3.63) is 35.9 Å². The Labute approximate surface area is 107 Å². The van der Waals surface area contributed by atoms with Crippen LogP contribution in [-0.2, 0) is 6.42 Å². The maximum atomic E-state index is 2.32. The van der Waals surface area contributed by atoms with E-state index in [1.54, 1.807) is 0 Å². The fraction of sp³-hybridized carbons (Fsp3) is 0.647. The molecular weight excluding hydrogens is 204 g/mol. The lowest BCUT2D eigenvalue weighted by atomic mass is 10.0. The minimum Gasteiger partial charge on any atom is -0.0628 e. The van der Waals surface area contributed by atoms with Crippen molar-refractivity contribution in [2.75, 3.05) is 0 Å². The van der Waals surface area contributed by atoms with Crippen molar-refractivity contribution in [3.63, 3.8) is 0 Å². The summed E-state index contributed by atoms with van der Waals surface area (Å²) in [5.41, 5.74) is 1.49. The van der Waals surface area contributed by atoms with Gasteiger partial charge in [0.2, 0.25) is 0 Å². The first-order valence-electron chi connectivity index (χ1n) is 7.33. The van der Waals surface area contributed by atoms with E-state index in [1.165, 1.54) is 56.9 Å². The zero-order valence-electron chi connectivity index (χ0n) is 11.6. The number of unbranched alkanes of at least 4 members (excludes halogenated alkanes) is 5. The van der Waals surface area contributed by atoms with E-state index in [0.717, 1.165) is 5.92 Å². The quantitative estimate of drug-likeness (QED) is 0.485. The standard InChI is InChI=1S/C17H28/c1-16(2)12-8-5-3-4-6-9-13-17-14-10-7-11-15-17/h7,10-11,14-16H,3-6,8-9,12-13H2,1-2H3. The van der Waals surface area contributed by atoms with Gasteiger partial charge in [0, 0.05) is 0 Å². The summed E-state index contributed by atoms with van der Waals surface area (Å²) in [6.45, 7) is 4.64. The molecule has 96 valence electrons. The van der Waals surface area contributed by atoms with Crippen LogP contribution in [0.25, 0.3) is 0 Å². The van der Waals surface area contributed by atoms with E-state index < -0.39 is 0 Å². The highest BCUT2D eigenvalue weighted by atomic mass is 14.0. The van der Waals surface area contributed by atoms with Crippen molar-refractivity contribution in [1.29, 1.82) is 0 Å². The Hall–Kier alpha value is -0.780. The van der Waals surface area contributed by atoms with Crippen molar-refractivity contribution in [2.24, 2.45) is 5.92 Å². The first-order valence-corrected chi connectivity index (χ1v) is 7.33. The molecule has 0 radical (unpaired) electrons. The second-order valence-corrected chi connectivity index (χ2v) is 5.54. The first kappa shape index (κ1) is 14.3. The van der Waals surface area contributed by atoms with E-state index in [4.69, 9.17) is 0 Å². The van der Waals surface area contributed by atoms with Crippen molar-refractivity contribution in [1.82, 2.24) is 0 Å². The SMILES string of the molecule is CC(C)CCCCCCCCc1ccccc1. The van der Waals surface area contributed by atoms with Gasteiger partial charge in [-0.15, -0.1) is 0 Å². The molecule has 0 heterocycles. The van der Waals surface area contributed by atoms with Crippen molar-refractivity contribution >= 4 is 0 Å². The zero-order chi connectivity index (χ0) is 12.3. The first-order chi connectivity index (χ1) is 8.29. The van der Waals surface area contributed by atoms with Crippen molar-refractivity contribution in [3.8, 4) is 0 Å². The molecule has 1 aromatic carbocycles. The Morgan fingerprint density at radius 1 is 0.765 bits per heavy atom. The summed E-state index contributed by atoms with van der Waals surface area (Å²) in [5.74, 6) is 0.882. The molecule has 0 aliphatic heterocycles. The van der Waals surface area contributed by atoms with Crippen LogP contribution in [0.1, 0.15) is 64.4 Å². The monoisotopic (exact) mass is 232 g/mol. The van der Waals surface area contributed by atoms with Gasteiger partial charge in [-0.05, 0) is 24.3 Å². The summed E-state index contributed by atoms with van der Waals surface area (Å²) in [5, 5.41) is 0. The average Bonchev–Trinajstić information content (AvgIpc) is 2.33. The predicted octanol–water partition coefficient (Wildman–Crippen LogP) is 5.62. The minimum atomic E-state index is 0.882. The third-order valence-electron chi connectivity index (χ3n) is 3.34. The van der Waals surface area contributed by atoms with Gasteiger partial charge in [0.25, 0.3) is 0 Å². The van der Waals surface area contributed by atoms with Gasteiger partial charge in [0.15, 0.2) is 0 Å². The van der Waals surface area contributed by atoms with E-state index in [9.17, 15) is 0 Å². The van der Waals surface area contributed by atoms with Gasteiger partial charge in [0.1, 0.15) is 0 Å². The maximum absolute atomic E-state index is 2.32. The summed E-state index contributed by atoms with van der Waals surface area (Å²) < 4.78 is 0. The number of hydrogen-bond acceptors (Lipinski definition) is 0. The summed E-state index contributed by atoms with van der Waals surface area (Å²) in [6, 6.07) is 10.9. The van der Waals surface area contributed by atoms with Crippen LogP contribution in [0.3, 0.4) is 0 Å². The molecule has 0 aliphatic carbocycles. The molecule has 0 amide bonds. The lowest BCUT2D eigenvalue weighted by Crippen LogP contribution is -1.88. The van der Waals surface area contributed by atoms with Crippen LogP contribution < -0.4 is 0 Å².